The van der Waals surface area contributed by atoms with Crippen LogP contribution >= 0.6 is 11.6 Å². The number of rotatable bonds is 1. The van der Waals surface area contributed by atoms with E-state index in [1.54, 1.807) is 0 Å². The molecule has 1 aromatic heterocycles. The van der Waals surface area contributed by atoms with Gasteiger partial charge in [0.1, 0.15) is 0 Å². The Kier molecular flexibility index (Phi) is 3.93. The number of benzene rings is 5. The molecule has 1 aliphatic rings. The number of fused-ring (bicyclic) bond motifs is 9. The van der Waals surface area contributed by atoms with Crippen molar-refractivity contribution in [2.75, 3.05) is 4.90 Å². The monoisotopic (exact) mass is 442 g/mol. The number of nitrogens with one attached hydrogen (secondary N) is 1. The van der Waals surface area contributed by atoms with Gasteiger partial charge in [0.2, 0.25) is 0 Å². The first-order chi connectivity index (χ1) is 16.3. The Morgan fingerprint density at radius 2 is 1.27 bits per heavy atom. The van der Waals surface area contributed by atoms with E-state index >= 15 is 0 Å². The molecule has 2 heterocycles. The summed E-state index contributed by atoms with van der Waals surface area (Å²) in [5.41, 5.74) is 10.5. The first-order valence-electron chi connectivity index (χ1n) is 11.1. The molecule has 156 valence electrons. The van der Waals surface area contributed by atoms with E-state index in [0.717, 1.165) is 32.8 Å². The topological polar surface area (TPSA) is 19.0 Å². The summed E-state index contributed by atoms with van der Waals surface area (Å²) in [6, 6.07) is 38.5. The number of halogens is 1. The van der Waals surface area contributed by atoms with Crippen LogP contribution in [0.25, 0.3) is 44.1 Å². The van der Waals surface area contributed by atoms with E-state index in [1.165, 1.54) is 33.3 Å². The third-order valence-electron chi connectivity index (χ3n) is 6.60. The van der Waals surface area contributed by atoms with Crippen molar-refractivity contribution in [3.05, 3.63) is 114 Å². The van der Waals surface area contributed by atoms with Gasteiger partial charge in [0, 0.05) is 38.1 Å². The first-order valence-corrected chi connectivity index (χ1v) is 11.5. The fraction of sp³-hybridized carbons (Fsp3) is 0. The Morgan fingerprint density at radius 1 is 0.576 bits per heavy atom. The van der Waals surface area contributed by atoms with Gasteiger partial charge in [0.25, 0.3) is 0 Å². The fourth-order valence-electron chi connectivity index (χ4n) is 5.19. The van der Waals surface area contributed by atoms with E-state index in [9.17, 15) is 0 Å². The van der Waals surface area contributed by atoms with Crippen molar-refractivity contribution in [2.45, 2.75) is 0 Å². The smallest absolute Gasteiger partial charge is 0.0782 e. The number of para-hydroxylation sites is 2. The number of aromatic amines is 1. The van der Waals surface area contributed by atoms with Gasteiger partial charge in [-0.15, -0.1) is 0 Å². The van der Waals surface area contributed by atoms with Crippen molar-refractivity contribution in [2.24, 2.45) is 0 Å². The van der Waals surface area contributed by atoms with Crippen LogP contribution in [-0.4, -0.2) is 4.98 Å². The van der Waals surface area contributed by atoms with Gasteiger partial charge < -0.3 is 9.88 Å². The molecule has 0 aliphatic carbocycles. The van der Waals surface area contributed by atoms with Gasteiger partial charge in [0.05, 0.1) is 16.9 Å². The maximum Gasteiger partial charge on any atom is 0.0782 e. The molecule has 0 fully saturated rings. The van der Waals surface area contributed by atoms with Gasteiger partial charge in [0.15, 0.2) is 0 Å². The summed E-state index contributed by atoms with van der Waals surface area (Å²) < 4.78 is 0. The molecule has 0 radical (unpaired) electrons. The zero-order valence-electron chi connectivity index (χ0n) is 17.7. The van der Waals surface area contributed by atoms with Crippen LogP contribution < -0.4 is 4.90 Å². The standard InChI is InChI=1S/C30H19ClN2/c31-19-14-17-27-26(18-19)24-15-16-25-22-11-5-4-10-21(22)23-12-6-7-13-28(23)33(30(25)29(24)32-27)20-8-2-1-3-9-20/h1-18,32H. The Bertz CT molecular complexity index is 1680. The minimum Gasteiger partial charge on any atom is -0.353 e. The molecule has 7 rings (SSSR count). The highest BCUT2D eigenvalue weighted by atomic mass is 35.5. The molecule has 0 atom stereocenters. The molecule has 1 aliphatic heterocycles. The van der Waals surface area contributed by atoms with Crippen molar-refractivity contribution in [1.29, 1.82) is 0 Å². The molecule has 0 saturated heterocycles. The summed E-state index contributed by atoms with van der Waals surface area (Å²) >= 11 is 6.38. The van der Waals surface area contributed by atoms with Crippen molar-refractivity contribution in [1.82, 2.24) is 4.98 Å². The molecule has 1 N–H and O–H groups in total. The third-order valence-corrected chi connectivity index (χ3v) is 6.83. The van der Waals surface area contributed by atoms with Crippen LogP contribution in [0.1, 0.15) is 0 Å². The molecule has 5 aromatic carbocycles. The lowest BCUT2D eigenvalue weighted by Gasteiger charge is -2.27. The van der Waals surface area contributed by atoms with Crippen LogP contribution in [0.3, 0.4) is 0 Å². The molecular weight excluding hydrogens is 424 g/mol. The molecule has 0 spiro atoms. The summed E-state index contributed by atoms with van der Waals surface area (Å²) in [7, 11) is 0. The normalized spacial score (nSPS) is 12.3. The molecule has 3 heteroatoms. The van der Waals surface area contributed by atoms with E-state index < -0.39 is 0 Å². The molecule has 2 nitrogen and oxygen atoms in total. The first kappa shape index (κ1) is 18.6. The number of hydrogen-bond acceptors (Lipinski definition) is 1. The maximum absolute atomic E-state index is 6.38. The molecule has 6 aromatic rings. The molecule has 0 unspecified atom stereocenters. The summed E-state index contributed by atoms with van der Waals surface area (Å²) in [5, 5.41) is 3.05. The van der Waals surface area contributed by atoms with E-state index in [4.69, 9.17) is 11.6 Å². The highest BCUT2D eigenvalue weighted by molar-refractivity contribution is 6.32. The Morgan fingerprint density at radius 3 is 2.09 bits per heavy atom. The van der Waals surface area contributed by atoms with Gasteiger partial charge in [-0.2, -0.15) is 0 Å². The van der Waals surface area contributed by atoms with Crippen molar-refractivity contribution in [3.63, 3.8) is 0 Å². The van der Waals surface area contributed by atoms with Crippen LogP contribution in [0.5, 0.6) is 0 Å². The van der Waals surface area contributed by atoms with Gasteiger partial charge in [-0.1, -0.05) is 84.4 Å². The van der Waals surface area contributed by atoms with Gasteiger partial charge in [-0.05, 0) is 47.5 Å². The predicted octanol–water partition coefficient (Wildman–Crippen LogP) is 9.09. The predicted molar refractivity (Wildman–Crippen MR) is 140 cm³/mol. The third kappa shape index (κ3) is 2.68. The van der Waals surface area contributed by atoms with Gasteiger partial charge >= 0.3 is 0 Å². The molecular formula is C30H19ClN2. The largest absolute Gasteiger partial charge is 0.353 e. The number of nitrogens with zero attached hydrogens (tertiary/aromatic N) is 1. The SMILES string of the molecule is Clc1ccc2[nH]c3c4c(ccc3c2c1)-c1ccccc1-c1ccccc1N4c1ccccc1. The van der Waals surface area contributed by atoms with Crippen LogP contribution in [-0.2, 0) is 0 Å². The van der Waals surface area contributed by atoms with Crippen LogP contribution in [0.2, 0.25) is 5.02 Å². The molecule has 33 heavy (non-hydrogen) atoms. The van der Waals surface area contributed by atoms with Crippen molar-refractivity contribution in [3.8, 4) is 22.3 Å². The Balaban J connectivity index is 1.70. The fourth-order valence-corrected chi connectivity index (χ4v) is 5.36. The van der Waals surface area contributed by atoms with Crippen LogP contribution in [0.15, 0.2) is 109 Å². The zero-order chi connectivity index (χ0) is 21.9. The summed E-state index contributed by atoms with van der Waals surface area (Å²) in [5.74, 6) is 0. The zero-order valence-corrected chi connectivity index (χ0v) is 18.5. The van der Waals surface area contributed by atoms with Crippen LogP contribution in [0, 0.1) is 0 Å². The Labute approximate surface area is 196 Å². The number of H-pyrrole nitrogens is 1. The second-order valence-corrected chi connectivity index (χ2v) is 8.87. The second-order valence-electron chi connectivity index (χ2n) is 8.43. The quantitative estimate of drug-likeness (QED) is 0.268. The summed E-state index contributed by atoms with van der Waals surface area (Å²) in [6.45, 7) is 0. The molecule has 0 saturated carbocycles. The van der Waals surface area contributed by atoms with Gasteiger partial charge in [-0.3, -0.25) is 0 Å². The highest BCUT2D eigenvalue weighted by Gasteiger charge is 2.28. The lowest BCUT2D eigenvalue weighted by Crippen LogP contribution is -2.11. The lowest BCUT2D eigenvalue weighted by atomic mass is 9.94. The molecule has 0 bridgehead atoms. The average Bonchev–Trinajstić information content (AvgIpc) is 3.17. The van der Waals surface area contributed by atoms with Crippen LogP contribution in [0.4, 0.5) is 17.1 Å². The van der Waals surface area contributed by atoms with Crippen molar-refractivity contribution >= 4 is 50.5 Å². The number of aromatic nitrogens is 1. The van der Waals surface area contributed by atoms with Gasteiger partial charge in [-0.25, -0.2) is 0 Å². The Hall–Kier alpha value is -4.01. The minimum absolute atomic E-state index is 0.744. The number of anilines is 3. The van der Waals surface area contributed by atoms with E-state index in [2.05, 4.69) is 107 Å². The van der Waals surface area contributed by atoms with E-state index in [-0.39, 0.29) is 0 Å². The highest BCUT2D eigenvalue weighted by Crippen LogP contribution is 2.53. The van der Waals surface area contributed by atoms with E-state index in [0.29, 0.717) is 0 Å². The second kappa shape index (κ2) is 6.99. The summed E-state index contributed by atoms with van der Waals surface area (Å²) in [4.78, 5) is 6.12. The maximum atomic E-state index is 6.38. The minimum atomic E-state index is 0.744. The number of hydrogen-bond donors (Lipinski definition) is 1. The van der Waals surface area contributed by atoms with E-state index in [1.807, 2.05) is 12.1 Å². The summed E-state index contributed by atoms with van der Waals surface area (Å²) in [6.07, 6.45) is 0. The molecule has 0 amide bonds. The lowest BCUT2D eigenvalue weighted by molar-refractivity contribution is 1.30. The average molecular weight is 443 g/mol. The van der Waals surface area contributed by atoms with Crippen molar-refractivity contribution < 1.29 is 0 Å².